The van der Waals surface area contributed by atoms with Crippen molar-refractivity contribution in [1.82, 2.24) is 5.01 Å². The highest BCUT2D eigenvalue weighted by Gasteiger charge is 2.59. The van der Waals surface area contributed by atoms with E-state index in [0.717, 1.165) is 39.0 Å². The summed E-state index contributed by atoms with van der Waals surface area (Å²) < 4.78 is 6.29. The minimum atomic E-state index is -0.257. The van der Waals surface area contributed by atoms with Crippen molar-refractivity contribution in [2.75, 3.05) is 19.0 Å². The van der Waals surface area contributed by atoms with E-state index in [1.165, 1.54) is 0 Å². The second-order valence-corrected chi connectivity index (χ2v) is 9.78. The fraction of sp³-hybridized carbons (Fsp3) is 0.276. The van der Waals surface area contributed by atoms with Gasteiger partial charge in [-0.1, -0.05) is 54.6 Å². The Kier molecular flexibility index (Phi) is 5.17. The maximum Gasteiger partial charge on any atom is 0.254 e. The highest BCUT2D eigenvalue weighted by Crippen LogP contribution is 2.52. The van der Waals surface area contributed by atoms with Crippen molar-refractivity contribution >= 4 is 34.5 Å². The Hall–Kier alpha value is -3.93. The van der Waals surface area contributed by atoms with Crippen LogP contribution in [0.25, 0.3) is 10.8 Å². The van der Waals surface area contributed by atoms with Crippen molar-refractivity contribution in [3.63, 3.8) is 0 Å². The molecule has 3 aromatic carbocycles. The second kappa shape index (κ2) is 8.38. The van der Waals surface area contributed by atoms with Crippen LogP contribution in [0, 0.1) is 23.7 Å². The summed E-state index contributed by atoms with van der Waals surface area (Å²) in [5.41, 5.74) is 2.79. The van der Waals surface area contributed by atoms with E-state index in [2.05, 4.69) is 41.5 Å². The molecule has 4 unspecified atom stereocenters. The highest BCUT2D eigenvalue weighted by atomic mass is 16.5. The van der Waals surface area contributed by atoms with Crippen LogP contribution in [-0.2, 0) is 16.2 Å². The van der Waals surface area contributed by atoms with Gasteiger partial charge in [-0.05, 0) is 46.7 Å². The van der Waals surface area contributed by atoms with E-state index in [1.54, 1.807) is 6.21 Å². The number of anilines is 1. The van der Waals surface area contributed by atoms with Gasteiger partial charge in [0.1, 0.15) is 12.4 Å². The number of nitrogens with zero attached hydrogens (tertiary/aromatic N) is 3. The molecule has 1 heterocycles. The summed E-state index contributed by atoms with van der Waals surface area (Å²) >= 11 is 0. The predicted octanol–water partition coefficient (Wildman–Crippen LogP) is 4.63. The van der Waals surface area contributed by atoms with Gasteiger partial charge in [0.15, 0.2) is 0 Å². The zero-order valence-electron chi connectivity index (χ0n) is 19.8. The molecule has 6 heteroatoms. The molecule has 35 heavy (non-hydrogen) atoms. The molecular weight excluding hydrogens is 438 g/mol. The number of benzene rings is 3. The third-order valence-corrected chi connectivity index (χ3v) is 7.54. The lowest BCUT2D eigenvalue weighted by molar-refractivity contribution is -0.140. The number of carbonyl (C=O) groups excluding carboxylic acids is 2. The molecule has 1 saturated carbocycles. The van der Waals surface area contributed by atoms with Crippen molar-refractivity contribution in [2.24, 2.45) is 28.8 Å². The molecule has 2 fully saturated rings. The first-order chi connectivity index (χ1) is 17.0. The average molecular weight is 466 g/mol. The third kappa shape index (κ3) is 3.60. The second-order valence-electron chi connectivity index (χ2n) is 9.78. The molecule has 2 amide bonds. The van der Waals surface area contributed by atoms with E-state index in [4.69, 9.17) is 4.74 Å². The van der Waals surface area contributed by atoms with Gasteiger partial charge in [-0.2, -0.15) is 10.1 Å². The van der Waals surface area contributed by atoms with Crippen molar-refractivity contribution in [1.29, 1.82) is 0 Å². The summed E-state index contributed by atoms with van der Waals surface area (Å²) in [6, 6.07) is 20.3. The van der Waals surface area contributed by atoms with Gasteiger partial charge in [0, 0.05) is 31.4 Å². The Balaban J connectivity index is 1.27. The molecule has 0 aromatic heterocycles. The number of hydrogen-bond acceptors (Lipinski definition) is 5. The topological polar surface area (TPSA) is 62.2 Å². The van der Waals surface area contributed by atoms with Crippen LogP contribution in [0.15, 0.2) is 77.9 Å². The third-order valence-electron chi connectivity index (χ3n) is 7.54. The Morgan fingerprint density at radius 3 is 2.43 bits per heavy atom. The van der Waals surface area contributed by atoms with Gasteiger partial charge in [-0.3, -0.25) is 9.59 Å². The van der Waals surface area contributed by atoms with E-state index in [9.17, 15) is 9.59 Å². The van der Waals surface area contributed by atoms with Gasteiger partial charge in [-0.15, -0.1) is 0 Å². The molecule has 6 nitrogen and oxygen atoms in total. The number of allylic oxidation sites excluding steroid dienone is 2. The molecular formula is C29H27N3O3. The number of hydrogen-bond donors (Lipinski definition) is 0. The Bertz CT molecular complexity index is 1360. The van der Waals surface area contributed by atoms with Gasteiger partial charge in [0.2, 0.25) is 0 Å². The van der Waals surface area contributed by atoms with Crippen molar-refractivity contribution in [3.8, 4) is 5.75 Å². The monoisotopic (exact) mass is 465 g/mol. The molecule has 3 aromatic rings. The van der Waals surface area contributed by atoms with Crippen LogP contribution in [-0.4, -0.2) is 37.1 Å². The van der Waals surface area contributed by atoms with Gasteiger partial charge < -0.3 is 9.64 Å². The predicted molar refractivity (Wildman–Crippen MR) is 136 cm³/mol. The molecule has 0 radical (unpaired) electrons. The quantitative estimate of drug-likeness (QED) is 0.303. The maximum atomic E-state index is 13.0. The lowest BCUT2D eigenvalue weighted by Gasteiger charge is -2.17. The zero-order chi connectivity index (χ0) is 24.1. The number of imide groups is 1. The van der Waals surface area contributed by atoms with Gasteiger partial charge in [-0.25, -0.2) is 0 Å². The first-order valence-electron chi connectivity index (χ1n) is 12.0. The molecule has 4 atom stereocenters. The summed E-state index contributed by atoms with van der Waals surface area (Å²) in [4.78, 5) is 28.0. The lowest BCUT2D eigenvalue weighted by Crippen LogP contribution is -2.28. The number of amides is 2. The smallest absolute Gasteiger partial charge is 0.254 e. The van der Waals surface area contributed by atoms with E-state index in [0.29, 0.717) is 12.4 Å². The van der Waals surface area contributed by atoms with E-state index in [1.807, 2.05) is 55.4 Å². The summed E-state index contributed by atoms with van der Waals surface area (Å²) in [6.45, 7) is 0.389. The van der Waals surface area contributed by atoms with E-state index < -0.39 is 0 Å². The largest absolute Gasteiger partial charge is 0.488 e. The number of rotatable bonds is 6. The van der Waals surface area contributed by atoms with Crippen LogP contribution in [0.1, 0.15) is 17.5 Å². The molecule has 0 spiro atoms. The van der Waals surface area contributed by atoms with Crippen LogP contribution in [0.4, 0.5) is 5.69 Å². The molecule has 176 valence electrons. The number of fused-ring (bicyclic) bond motifs is 6. The van der Waals surface area contributed by atoms with Crippen LogP contribution in [0.2, 0.25) is 0 Å². The van der Waals surface area contributed by atoms with Crippen molar-refractivity contribution < 1.29 is 14.3 Å². The summed E-state index contributed by atoms with van der Waals surface area (Å²) in [5, 5.41) is 7.76. The Labute approximate surface area is 204 Å². The van der Waals surface area contributed by atoms with Gasteiger partial charge >= 0.3 is 0 Å². The first kappa shape index (κ1) is 21.6. The Morgan fingerprint density at radius 2 is 1.69 bits per heavy atom. The molecule has 3 aliphatic rings. The summed E-state index contributed by atoms with van der Waals surface area (Å²) in [5.74, 6) is 0.100. The Morgan fingerprint density at radius 1 is 0.971 bits per heavy atom. The number of carbonyl (C=O) groups is 2. The molecule has 1 aliphatic heterocycles. The standard InChI is InChI=1S/C29H27N3O3/c1-31(2)23-13-12-21(16-30-32-28(33)26-19-10-11-20(14-19)27(26)29(32)34)25(15-23)35-17-22-8-5-7-18-6-3-4-9-24(18)22/h3-13,15-16,19-20,26-27H,14,17H2,1-2H3. The molecule has 6 rings (SSSR count). The SMILES string of the molecule is CN(C)c1ccc(C=NN2C(=O)C3C4C=CC(C4)C3C2=O)c(OCc2cccc3ccccc23)c1. The van der Waals surface area contributed by atoms with E-state index in [-0.39, 0.29) is 35.5 Å². The van der Waals surface area contributed by atoms with Crippen LogP contribution in [0.3, 0.4) is 0 Å². The number of ether oxygens (including phenoxy) is 1. The van der Waals surface area contributed by atoms with E-state index >= 15 is 0 Å². The van der Waals surface area contributed by atoms with Crippen LogP contribution < -0.4 is 9.64 Å². The maximum absolute atomic E-state index is 13.0. The molecule has 2 bridgehead atoms. The zero-order valence-corrected chi connectivity index (χ0v) is 19.8. The molecule has 2 aliphatic carbocycles. The molecule has 1 saturated heterocycles. The first-order valence-corrected chi connectivity index (χ1v) is 12.0. The van der Waals surface area contributed by atoms with Gasteiger partial charge in [0.05, 0.1) is 18.1 Å². The summed E-state index contributed by atoms with van der Waals surface area (Å²) in [6.07, 6.45) is 6.65. The molecule has 0 N–H and O–H groups in total. The summed E-state index contributed by atoms with van der Waals surface area (Å²) in [7, 11) is 3.94. The van der Waals surface area contributed by atoms with Crippen LogP contribution >= 0.6 is 0 Å². The van der Waals surface area contributed by atoms with Crippen molar-refractivity contribution in [2.45, 2.75) is 13.0 Å². The highest BCUT2D eigenvalue weighted by molar-refractivity contribution is 6.07. The minimum Gasteiger partial charge on any atom is -0.488 e. The van der Waals surface area contributed by atoms with Crippen LogP contribution in [0.5, 0.6) is 5.75 Å². The lowest BCUT2D eigenvalue weighted by atomic mass is 9.85. The fourth-order valence-corrected chi connectivity index (χ4v) is 5.73. The average Bonchev–Trinajstić information content (AvgIpc) is 3.55. The minimum absolute atomic E-state index is 0.167. The number of hydrazone groups is 1. The van der Waals surface area contributed by atoms with Crippen molar-refractivity contribution in [3.05, 3.63) is 83.9 Å². The normalized spacial score (nSPS) is 24.7. The fourth-order valence-electron chi connectivity index (χ4n) is 5.73. The van der Waals surface area contributed by atoms with Gasteiger partial charge in [0.25, 0.3) is 11.8 Å².